The van der Waals surface area contributed by atoms with Gasteiger partial charge in [0.15, 0.2) is 0 Å². The maximum Gasteiger partial charge on any atom is 0.339 e. The van der Waals surface area contributed by atoms with Crippen molar-refractivity contribution in [3.8, 4) is 5.75 Å². The van der Waals surface area contributed by atoms with Crippen LogP contribution in [0, 0.1) is 0 Å². The molecule has 0 fully saturated rings. The summed E-state index contributed by atoms with van der Waals surface area (Å²) in [5, 5.41) is 15.5. The summed E-state index contributed by atoms with van der Waals surface area (Å²) in [5.74, 6) is -2.22. The van der Waals surface area contributed by atoms with Gasteiger partial charge in [0.2, 0.25) is 0 Å². The summed E-state index contributed by atoms with van der Waals surface area (Å²) in [5.41, 5.74) is 4.60. The molecular weight excluding hydrogens is 386 g/mol. The average Bonchev–Trinajstić information content (AvgIpc) is 2.73. The molecule has 0 saturated heterocycles. The summed E-state index contributed by atoms with van der Waals surface area (Å²) < 4.78 is 5.26. The van der Waals surface area contributed by atoms with E-state index in [0.29, 0.717) is 18.1 Å². The normalized spacial score (nSPS) is 10.8. The molecule has 2 aromatic rings. The van der Waals surface area contributed by atoms with Crippen molar-refractivity contribution in [3.05, 3.63) is 64.7 Å². The summed E-state index contributed by atoms with van der Waals surface area (Å²) in [6, 6.07) is 12.2. The molecule has 0 aromatic heterocycles. The van der Waals surface area contributed by atoms with Crippen molar-refractivity contribution in [1.29, 1.82) is 0 Å². The van der Waals surface area contributed by atoms with Gasteiger partial charge in [-0.1, -0.05) is 38.1 Å². The third-order valence-electron chi connectivity index (χ3n) is 4.22. The van der Waals surface area contributed by atoms with Crippen LogP contribution in [0.4, 0.5) is 0 Å². The average molecular weight is 411 g/mol. The van der Waals surface area contributed by atoms with Gasteiger partial charge in [-0.25, -0.2) is 10.2 Å². The number of carboxylic acids is 1. The molecule has 0 spiro atoms. The largest absolute Gasteiger partial charge is 0.493 e. The smallest absolute Gasteiger partial charge is 0.339 e. The third kappa shape index (κ3) is 6.44. The van der Waals surface area contributed by atoms with Crippen molar-refractivity contribution in [2.75, 3.05) is 6.61 Å². The first-order valence-electron chi connectivity index (χ1n) is 9.52. The van der Waals surface area contributed by atoms with E-state index in [4.69, 9.17) is 4.74 Å². The van der Waals surface area contributed by atoms with Gasteiger partial charge in [-0.3, -0.25) is 9.59 Å². The van der Waals surface area contributed by atoms with E-state index in [9.17, 15) is 19.5 Å². The van der Waals surface area contributed by atoms with Crippen LogP contribution in [0.5, 0.6) is 5.75 Å². The molecule has 0 atom stereocenters. The number of carbonyl (C=O) groups excluding carboxylic acids is 2. The molecule has 2 rings (SSSR count). The maximum atomic E-state index is 11.9. The SMILES string of the molecule is CCOc1ccc(/C=N\NC(=O)C(=O)NCc2ccc(C(C)C)cc2)cc1C(=O)O. The quantitative estimate of drug-likeness (QED) is 0.351. The van der Waals surface area contributed by atoms with E-state index in [1.54, 1.807) is 13.0 Å². The number of hydrazone groups is 1. The summed E-state index contributed by atoms with van der Waals surface area (Å²) in [7, 11) is 0. The summed E-state index contributed by atoms with van der Waals surface area (Å²) in [6.07, 6.45) is 1.25. The number of nitrogens with zero attached hydrogens (tertiary/aromatic N) is 1. The lowest BCUT2D eigenvalue weighted by molar-refractivity contribution is -0.139. The van der Waals surface area contributed by atoms with Gasteiger partial charge in [-0.15, -0.1) is 0 Å². The fourth-order valence-electron chi connectivity index (χ4n) is 2.58. The Hall–Kier alpha value is -3.68. The monoisotopic (exact) mass is 411 g/mol. The summed E-state index contributed by atoms with van der Waals surface area (Å²) in [6.45, 7) is 6.49. The highest BCUT2D eigenvalue weighted by Gasteiger charge is 2.13. The molecule has 8 heteroatoms. The van der Waals surface area contributed by atoms with Crippen LogP contribution in [0.25, 0.3) is 0 Å². The Balaban J connectivity index is 1.89. The molecule has 0 heterocycles. The molecule has 0 radical (unpaired) electrons. The molecule has 0 saturated carbocycles. The molecule has 158 valence electrons. The number of rotatable bonds is 8. The number of amides is 2. The van der Waals surface area contributed by atoms with Crippen molar-refractivity contribution in [2.24, 2.45) is 5.10 Å². The second kappa shape index (κ2) is 10.8. The minimum atomic E-state index is -1.14. The van der Waals surface area contributed by atoms with Crippen molar-refractivity contribution >= 4 is 24.0 Å². The fraction of sp³-hybridized carbons (Fsp3) is 0.273. The van der Waals surface area contributed by atoms with Gasteiger partial charge in [0.25, 0.3) is 0 Å². The Morgan fingerprint density at radius 1 is 1.10 bits per heavy atom. The first-order chi connectivity index (χ1) is 14.3. The minimum absolute atomic E-state index is 0.0200. The minimum Gasteiger partial charge on any atom is -0.493 e. The van der Waals surface area contributed by atoms with Crippen LogP contribution in [0.15, 0.2) is 47.6 Å². The van der Waals surface area contributed by atoms with E-state index >= 15 is 0 Å². The predicted molar refractivity (Wildman–Crippen MR) is 113 cm³/mol. The summed E-state index contributed by atoms with van der Waals surface area (Å²) in [4.78, 5) is 35.1. The second-order valence-electron chi connectivity index (χ2n) is 6.77. The number of carbonyl (C=O) groups is 3. The zero-order valence-corrected chi connectivity index (χ0v) is 17.1. The molecule has 3 N–H and O–H groups in total. The van der Waals surface area contributed by atoms with E-state index in [1.165, 1.54) is 23.9 Å². The van der Waals surface area contributed by atoms with Gasteiger partial charge in [-0.05, 0) is 47.7 Å². The highest BCUT2D eigenvalue weighted by Crippen LogP contribution is 2.19. The number of ether oxygens (including phenoxy) is 1. The predicted octanol–water partition coefficient (Wildman–Crippen LogP) is 2.67. The van der Waals surface area contributed by atoms with Crippen molar-refractivity contribution in [2.45, 2.75) is 33.2 Å². The molecule has 0 unspecified atom stereocenters. The van der Waals surface area contributed by atoms with Gasteiger partial charge in [-0.2, -0.15) is 5.10 Å². The molecule has 30 heavy (non-hydrogen) atoms. The molecule has 0 aliphatic rings. The molecule has 0 bridgehead atoms. The van der Waals surface area contributed by atoms with E-state index in [0.717, 1.165) is 5.56 Å². The van der Waals surface area contributed by atoms with Crippen LogP contribution >= 0.6 is 0 Å². The Morgan fingerprint density at radius 2 is 1.80 bits per heavy atom. The zero-order chi connectivity index (χ0) is 22.1. The molecular formula is C22H25N3O5. The third-order valence-corrected chi connectivity index (χ3v) is 4.22. The molecule has 8 nitrogen and oxygen atoms in total. The lowest BCUT2D eigenvalue weighted by Gasteiger charge is -2.08. The Bertz CT molecular complexity index is 936. The van der Waals surface area contributed by atoms with E-state index in [1.807, 2.05) is 24.3 Å². The van der Waals surface area contributed by atoms with Gasteiger partial charge >= 0.3 is 17.8 Å². The second-order valence-corrected chi connectivity index (χ2v) is 6.77. The van der Waals surface area contributed by atoms with Gasteiger partial charge < -0.3 is 15.2 Å². The summed E-state index contributed by atoms with van der Waals surface area (Å²) >= 11 is 0. The first kappa shape index (κ1) is 22.6. The lowest BCUT2D eigenvalue weighted by atomic mass is 10.0. The van der Waals surface area contributed by atoms with Crippen LogP contribution in [0.1, 0.15) is 53.7 Å². The van der Waals surface area contributed by atoms with Crippen molar-refractivity contribution < 1.29 is 24.2 Å². The molecule has 0 aliphatic heterocycles. The van der Waals surface area contributed by atoms with Gasteiger partial charge in [0.1, 0.15) is 11.3 Å². The molecule has 2 amide bonds. The van der Waals surface area contributed by atoms with E-state index in [-0.39, 0.29) is 17.9 Å². The van der Waals surface area contributed by atoms with E-state index < -0.39 is 17.8 Å². The van der Waals surface area contributed by atoms with Crippen molar-refractivity contribution in [1.82, 2.24) is 10.7 Å². The fourth-order valence-corrected chi connectivity index (χ4v) is 2.58. The van der Waals surface area contributed by atoms with Crippen molar-refractivity contribution in [3.63, 3.8) is 0 Å². The highest BCUT2D eigenvalue weighted by molar-refractivity contribution is 6.35. The number of aromatic carboxylic acids is 1. The van der Waals surface area contributed by atoms with Gasteiger partial charge in [0, 0.05) is 6.54 Å². The van der Waals surface area contributed by atoms with Crippen LogP contribution in [-0.2, 0) is 16.1 Å². The Morgan fingerprint density at radius 3 is 2.40 bits per heavy atom. The highest BCUT2D eigenvalue weighted by atomic mass is 16.5. The number of nitrogens with one attached hydrogen (secondary N) is 2. The Kier molecular flexibility index (Phi) is 8.10. The molecule has 2 aromatic carbocycles. The van der Waals surface area contributed by atoms with Gasteiger partial charge in [0.05, 0.1) is 12.8 Å². The van der Waals surface area contributed by atoms with Crippen LogP contribution < -0.4 is 15.5 Å². The lowest BCUT2D eigenvalue weighted by Crippen LogP contribution is -2.37. The zero-order valence-electron chi connectivity index (χ0n) is 17.1. The molecule has 0 aliphatic carbocycles. The number of carboxylic acid groups (broad SMARTS) is 1. The Labute approximate surface area is 174 Å². The number of hydrogen-bond donors (Lipinski definition) is 3. The van der Waals surface area contributed by atoms with E-state index in [2.05, 4.69) is 29.7 Å². The van der Waals surface area contributed by atoms with Crippen LogP contribution in [0.3, 0.4) is 0 Å². The topological polar surface area (TPSA) is 117 Å². The first-order valence-corrected chi connectivity index (χ1v) is 9.52. The maximum absolute atomic E-state index is 11.9. The van der Waals surface area contributed by atoms with Crippen LogP contribution in [-0.4, -0.2) is 35.7 Å². The number of benzene rings is 2. The number of hydrogen-bond acceptors (Lipinski definition) is 5. The van der Waals surface area contributed by atoms with Crippen LogP contribution in [0.2, 0.25) is 0 Å². The standard InChI is InChI=1S/C22H25N3O5/c1-4-30-19-10-7-16(11-18(19)22(28)29)13-24-25-21(27)20(26)23-12-15-5-8-17(9-6-15)14(2)3/h5-11,13-14H,4,12H2,1-3H3,(H,23,26)(H,25,27)(H,28,29)/b24-13-.